The SMILES string of the molecule is [B](c1ccccc1)c1ccc2ccoc2c1. The Morgan fingerprint density at radius 1 is 0.812 bits per heavy atom. The molecular formula is C14H10BO. The van der Waals surface area contributed by atoms with Gasteiger partial charge in [-0.1, -0.05) is 53.4 Å². The Hall–Kier alpha value is -1.96. The van der Waals surface area contributed by atoms with Crippen molar-refractivity contribution in [1.82, 2.24) is 0 Å². The Balaban J connectivity index is 1.94. The molecule has 1 aromatic heterocycles. The molecule has 0 aliphatic carbocycles. The van der Waals surface area contributed by atoms with Gasteiger partial charge in [-0.25, -0.2) is 0 Å². The first kappa shape index (κ1) is 9.28. The molecule has 0 saturated carbocycles. The van der Waals surface area contributed by atoms with Crippen LogP contribution < -0.4 is 10.9 Å². The zero-order valence-electron chi connectivity index (χ0n) is 8.76. The number of benzene rings is 2. The van der Waals surface area contributed by atoms with Gasteiger partial charge in [-0.2, -0.15) is 0 Å². The van der Waals surface area contributed by atoms with Crippen LogP contribution in [0.15, 0.2) is 65.3 Å². The molecule has 0 spiro atoms. The third kappa shape index (κ3) is 1.74. The summed E-state index contributed by atoms with van der Waals surface area (Å²) >= 11 is 0. The van der Waals surface area contributed by atoms with Crippen molar-refractivity contribution in [2.75, 3.05) is 0 Å². The van der Waals surface area contributed by atoms with Crippen molar-refractivity contribution in [3.8, 4) is 0 Å². The molecule has 1 radical (unpaired) electrons. The van der Waals surface area contributed by atoms with Crippen LogP contribution in [0.5, 0.6) is 0 Å². The second-order valence-electron chi connectivity index (χ2n) is 3.77. The first-order valence-electron chi connectivity index (χ1n) is 5.29. The summed E-state index contributed by atoms with van der Waals surface area (Å²) in [4.78, 5) is 0. The fourth-order valence-electron chi connectivity index (χ4n) is 1.80. The van der Waals surface area contributed by atoms with Gasteiger partial charge in [-0.05, 0) is 12.1 Å². The first-order chi connectivity index (χ1) is 7.92. The van der Waals surface area contributed by atoms with Crippen LogP contribution in [-0.4, -0.2) is 7.28 Å². The number of hydrogen-bond acceptors (Lipinski definition) is 1. The molecule has 0 amide bonds. The molecule has 3 rings (SSSR count). The lowest BCUT2D eigenvalue weighted by Crippen LogP contribution is -2.26. The molecule has 0 unspecified atom stereocenters. The number of rotatable bonds is 2. The van der Waals surface area contributed by atoms with Gasteiger partial charge in [0.1, 0.15) is 5.58 Å². The molecule has 0 atom stereocenters. The van der Waals surface area contributed by atoms with E-state index in [1.54, 1.807) is 6.26 Å². The maximum Gasteiger partial charge on any atom is 0.191 e. The van der Waals surface area contributed by atoms with E-state index in [1.165, 1.54) is 5.46 Å². The van der Waals surface area contributed by atoms with Gasteiger partial charge in [0.2, 0.25) is 0 Å². The molecule has 0 saturated heterocycles. The summed E-state index contributed by atoms with van der Waals surface area (Å²) in [6.07, 6.45) is 1.72. The topological polar surface area (TPSA) is 13.1 Å². The monoisotopic (exact) mass is 205 g/mol. The van der Waals surface area contributed by atoms with Crippen LogP contribution in [0.1, 0.15) is 0 Å². The molecule has 0 fully saturated rings. The zero-order chi connectivity index (χ0) is 10.8. The number of fused-ring (bicyclic) bond motifs is 1. The van der Waals surface area contributed by atoms with Crippen LogP contribution >= 0.6 is 0 Å². The summed E-state index contributed by atoms with van der Waals surface area (Å²) in [5.41, 5.74) is 3.30. The molecule has 0 aliphatic heterocycles. The van der Waals surface area contributed by atoms with E-state index in [-0.39, 0.29) is 0 Å². The Bertz CT molecular complexity index is 598. The lowest BCUT2D eigenvalue weighted by Gasteiger charge is -1.99. The third-order valence-electron chi connectivity index (χ3n) is 2.61. The lowest BCUT2D eigenvalue weighted by atomic mass is 9.64. The molecule has 75 valence electrons. The predicted octanol–water partition coefficient (Wildman–Crippen LogP) is 2.09. The minimum Gasteiger partial charge on any atom is -0.464 e. The van der Waals surface area contributed by atoms with Gasteiger partial charge in [0.15, 0.2) is 7.28 Å². The summed E-state index contributed by atoms with van der Waals surface area (Å²) in [6, 6.07) is 18.5. The van der Waals surface area contributed by atoms with Crippen molar-refractivity contribution in [1.29, 1.82) is 0 Å². The van der Waals surface area contributed by atoms with E-state index in [4.69, 9.17) is 4.42 Å². The highest BCUT2D eigenvalue weighted by atomic mass is 16.3. The van der Waals surface area contributed by atoms with Crippen molar-refractivity contribution in [2.45, 2.75) is 0 Å². The van der Waals surface area contributed by atoms with Crippen LogP contribution in [-0.2, 0) is 0 Å². The first-order valence-corrected chi connectivity index (χ1v) is 5.29. The molecule has 3 aromatic rings. The van der Waals surface area contributed by atoms with Crippen LogP contribution in [0, 0.1) is 0 Å². The minimum absolute atomic E-state index is 0.935. The van der Waals surface area contributed by atoms with E-state index >= 15 is 0 Å². The van der Waals surface area contributed by atoms with E-state index in [2.05, 4.69) is 37.6 Å². The quantitative estimate of drug-likeness (QED) is 0.584. The van der Waals surface area contributed by atoms with Crippen molar-refractivity contribution < 1.29 is 4.42 Å². The van der Waals surface area contributed by atoms with Gasteiger partial charge in [-0.15, -0.1) is 0 Å². The maximum absolute atomic E-state index is 5.38. The Morgan fingerprint density at radius 2 is 1.69 bits per heavy atom. The highest BCUT2D eigenvalue weighted by Gasteiger charge is 2.01. The van der Waals surface area contributed by atoms with E-state index in [1.807, 2.05) is 24.3 Å². The van der Waals surface area contributed by atoms with E-state index in [9.17, 15) is 0 Å². The normalized spacial score (nSPS) is 10.5. The summed E-state index contributed by atoms with van der Waals surface area (Å²) in [5, 5.41) is 1.14. The van der Waals surface area contributed by atoms with Crippen LogP contribution in [0.2, 0.25) is 0 Å². The molecule has 16 heavy (non-hydrogen) atoms. The van der Waals surface area contributed by atoms with Gasteiger partial charge < -0.3 is 4.42 Å². The van der Waals surface area contributed by atoms with Gasteiger partial charge in [0, 0.05) is 5.39 Å². The summed E-state index contributed by atoms with van der Waals surface area (Å²) in [7, 11) is 2.14. The standard InChI is InChI=1S/C14H10BO/c1-2-4-12(5-3-1)15-13-7-6-11-8-9-16-14(11)10-13/h1-10H. The summed E-state index contributed by atoms with van der Waals surface area (Å²) < 4.78 is 5.38. The predicted molar refractivity (Wildman–Crippen MR) is 67.7 cm³/mol. The van der Waals surface area contributed by atoms with Crippen molar-refractivity contribution in [2.24, 2.45) is 0 Å². The van der Waals surface area contributed by atoms with E-state index in [0.717, 1.165) is 16.4 Å². The molecular weight excluding hydrogens is 195 g/mol. The Kier molecular flexibility index (Phi) is 2.26. The highest BCUT2D eigenvalue weighted by Crippen LogP contribution is 2.12. The summed E-state index contributed by atoms with van der Waals surface area (Å²) in [5.74, 6) is 0. The molecule has 0 aliphatic rings. The third-order valence-corrected chi connectivity index (χ3v) is 2.61. The molecule has 2 heteroatoms. The van der Waals surface area contributed by atoms with Crippen LogP contribution in [0.3, 0.4) is 0 Å². The molecule has 1 heterocycles. The molecule has 1 nitrogen and oxygen atoms in total. The zero-order valence-corrected chi connectivity index (χ0v) is 8.76. The maximum atomic E-state index is 5.38. The van der Waals surface area contributed by atoms with Gasteiger partial charge in [0.25, 0.3) is 0 Å². The lowest BCUT2D eigenvalue weighted by molar-refractivity contribution is 0.616. The highest BCUT2D eigenvalue weighted by molar-refractivity contribution is 6.67. The van der Waals surface area contributed by atoms with Crippen LogP contribution in [0.25, 0.3) is 11.0 Å². The average Bonchev–Trinajstić information content (AvgIpc) is 2.77. The second-order valence-corrected chi connectivity index (χ2v) is 3.77. The fourth-order valence-corrected chi connectivity index (χ4v) is 1.80. The van der Waals surface area contributed by atoms with Crippen molar-refractivity contribution >= 4 is 29.2 Å². The van der Waals surface area contributed by atoms with E-state index in [0.29, 0.717) is 0 Å². The van der Waals surface area contributed by atoms with Gasteiger partial charge >= 0.3 is 0 Å². The van der Waals surface area contributed by atoms with E-state index < -0.39 is 0 Å². The molecule has 0 N–H and O–H groups in total. The second kappa shape index (κ2) is 3.89. The Morgan fingerprint density at radius 3 is 2.56 bits per heavy atom. The van der Waals surface area contributed by atoms with Gasteiger partial charge in [0.05, 0.1) is 6.26 Å². The smallest absolute Gasteiger partial charge is 0.191 e. The van der Waals surface area contributed by atoms with Crippen molar-refractivity contribution in [3.05, 3.63) is 60.9 Å². The Labute approximate surface area is 95.0 Å². The molecule has 2 aromatic carbocycles. The molecule has 0 bridgehead atoms. The van der Waals surface area contributed by atoms with Gasteiger partial charge in [-0.3, -0.25) is 0 Å². The summed E-state index contributed by atoms with van der Waals surface area (Å²) in [6.45, 7) is 0. The van der Waals surface area contributed by atoms with Crippen molar-refractivity contribution in [3.63, 3.8) is 0 Å². The minimum atomic E-state index is 0.935. The largest absolute Gasteiger partial charge is 0.464 e. The number of furan rings is 1. The average molecular weight is 205 g/mol. The van der Waals surface area contributed by atoms with Crippen LogP contribution in [0.4, 0.5) is 0 Å². The fraction of sp³-hybridized carbons (Fsp3) is 0. The number of hydrogen-bond donors (Lipinski definition) is 0.